The van der Waals surface area contributed by atoms with Crippen LogP contribution in [0.15, 0.2) is 52.9 Å². The highest BCUT2D eigenvalue weighted by Crippen LogP contribution is 2.49. The molecule has 1 saturated heterocycles. The molecule has 1 spiro atoms. The number of aryl methyl sites for hydroxylation is 1. The molecule has 1 fully saturated rings. The number of furan rings is 1. The number of fused-ring (bicyclic) bond motifs is 3. The van der Waals surface area contributed by atoms with Crippen LogP contribution in [0, 0.1) is 0 Å². The number of hydrogen-bond donors (Lipinski definition) is 0. The van der Waals surface area contributed by atoms with Gasteiger partial charge in [0, 0.05) is 10.9 Å². The van der Waals surface area contributed by atoms with Crippen LogP contribution in [0.1, 0.15) is 44.2 Å². The zero-order valence-corrected chi connectivity index (χ0v) is 18.4. The van der Waals surface area contributed by atoms with Gasteiger partial charge in [-0.05, 0) is 56.5 Å². The Balaban J connectivity index is 1.71. The van der Waals surface area contributed by atoms with Crippen molar-refractivity contribution in [1.82, 2.24) is 4.90 Å². The molecule has 2 aliphatic rings. The Labute approximate surface area is 187 Å². The van der Waals surface area contributed by atoms with E-state index in [9.17, 15) is 9.59 Å². The number of carbonyl (C=O) groups is 2. The van der Waals surface area contributed by atoms with Gasteiger partial charge >= 0.3 is 17.7 Å². The highest BCUT2D eigenvalue weighted by atomic mass is 16.8. The number of hydrogen-bond acceptors (Lipinski definition) is 6. The van der Waals surface area contributed by atoms with Gasteiger partial charge in [-0.25, -0.2) is 9.59 Å². The molecule has 32 heavy (non-hydrogen) atoms. The molecule has 0 saturated carbocycles. The summed E-state index contributed by atoms with van der Waals surface area (Å²) < 4.78 is 17.9. The largest absolute Gasteiger partial charge is 0.456 e. The van der Waals surface area contributed by atoms with Crippen LogP contribution in [0.5, 0.6) is 0 Å². The van der Waals surface area contributed by atoms with E-state index >= 15 is 0 Å². The lowest BCUT2D eigenvalue weighted by Crippen LogP contribution is -2.55. The fourth-order valence-corrected chi connectivity index (χ4v) is 5.23. The molecule has 1 aromatic heterocycles. The molecule has 0 N–H and O–H groups in total. The number of nitrogens with zero attached hydrogens (tertiary/aromatic N) is 1. The van der Waals surface area contributed by atoms with E-state index in [1.807, 2.05) is 48.5 Å². The summed E-state index contributed by atoms with van der Waals surface area (Å²) in [6.45, 7) is 5.91. The number of esters is 2. The Morgan fingerprint density at radius 2 is 1.69 bits per heavy atom. The van der Waals surface area contributed by atoms with E-state index in [1.54, 1.807) is 0 Å². The average molecular weight is 434 g/mol. The first-order valence-corrected chi connectivity index (χ1v) is 11.4. The lowest BCUT2D eigenvalue weighted by molar-refractivity contribution is -0.217. The number of carbonyl (C=O) groups excluding carboxylic acids is 2. The standard InChI is InChI=1S/C26H27NO5/c1-3-14-27(15-4-2)22-13-12-17-9-7-10-19(21-16-18-8-5-6-11-20(18)30-21)23(17)26(22)31-24(28)25(29)32-26/h5-11,16,22H,3-4,12-15H2,1-2H3. The third-order valence-corrected chi connectivity index (χ3v) is 6.43. The summed E-state index contributed by atoms with van der Waals surface area (Å²) in [5, 5.41) is 0.987. The second kappa shape index (κ2) is 8.10. The second-order valence-corrected chi connectivity index (χ2v) is 8.53. The quantitative estimate of drug-likeness (QED) is 0.411. The van der Waals surface area contributed by atoms with Crippen molar-refractivity contribution in [2.45, 2.75) is 51.4 Å². The van der Waals surface area contributed by atoms with E-state index in [1.165, 1.54) is 0 Å². The lowest BCUT2D eigenvalue weighted by atomic mass is 9.78. The number of rotatable bonds is 6. The van der Waals surface area contributed by atoms with Gasteiger partial charge in [0.05, 0.1) is 11.6 Å². The van der Waals surface area contributed by atoms with Crippen LogP contribution in [0.25, 0.3) is 22.3 Å². The summed E-state index contributed by atoms with van der Waals surface area (Å²) in [5.41, 5.74) is 3.31. The molecule has 1 atom stereocenters. The number of para-hydroxylation sites is 1. The van der Waals surface area contributed by atoms with E-state index in [2.05, 4.69) is 18.7 Å². The van der Waals surface area contributed by atoms with Gasteiger partial charge in [-0.2, -0.15) is 0 Å². The van der Waals surface area contributed by atoms with Crippen LogP contribution in [-0.4, -0.2) is 36.0 Å². The lowest BCUT2D eigenvalue weighted by Gasteiger charge is -2.45. The predicted molar refractivity (Wildman–Crippen MR) is 120 cm³/mol. The first-order chi connectivity index (χ1) is 15.6. The van der Waals surface area contributed by atoms with Crippen LogP contribution < -0.4 is 0 Å². The Hall–Kier alpha value is -3.12. The normalized spacial score (nSPS) is 19.4. The molecule has 0 bridgehead atoms. The molecule has 0 amide bonds. The topological polar surface area (TPSA) is 69.0 Å². The molecule has 5 rings (SSSR count). The molecule has 2 aromatic carbocycles. The van der Waals surface area contributed by atoms with E-state index in [-0.39, 0.29) is 6.04 Å². The molecule has 2 heterocycles. The third kappa shape index (κ3) is 3.21. The molecule has 1 aliphatic carbocycles. The minimum absolute atomic E-state index is 0.254. The minimum atomic E-state index is -1.47. The van der Waals surface area contributed by atoms with Gasteiger partial charge in [-0.15, -0.1) is 0 Å². The van der Waals surface area contributed by atoms with E-state index in [4.69, 9.17) is 13.9 Å². The fraction of sp³-hybridized carbons (Fsp3) is 0.385. The van der Waals surface area contributed by atoms with Gasteiger partial charge in [0.1, 0.15) is 11.3 Å². The smallest absolute Gasteiger partial charge is 0.421 e. The average Bonchev–Trinajstić information content (AvgIpc) is 3.35. The zero-order valence-electron chi connectivity index (χ0n) is 18.4. The maximum atomic E-state index is 12.4. The summed E-state index contributed by atoms with van der Waals surface area (Å²) in [7, 11) is 0. The van der Waals surface area contributed by atoms with Crippen LogP contribution in [-0.2, 0) is 31.3 Å². The minimum Gasteiger partial charge on any atom is -0.456 e. The van der Waals surface area contributed by atoms with Crippen molar-refractivity contribution in [3.63, 3.8) is 0 Å². The second-order valence-electron chi connectivity index (χ2n) is 8.53. The summed E-state index contributed by atoms with van der Waals surface area (Å²) in [6.07, 6.45) is 3.44. The monoisotopic (exact) mass is 433 g/mol. The highest BCUT2D eigenvalue weighted by Gasteiger charge is 2.60. The van der Waals surface area contributed by atoms with Crippen molar-refractivity contribution in [2.75, 3.05) is 13.1 Å². The zero-order chi connectivity index (χ0) is 22.3. The Bertz CT molecular complexity index is 1120. The van der Waals surface area contributed by atoms with Gasteiger partial charge < -0.3 is 13.9 Å². The predicted octanol–water partition coefficient (Wildman–Crippen LogP) is 4.79. The van der Waals surface area contributed by atoms with Gasteiger partial charge in [-0.1, -0.05) is 50.2 Å². The first kappa shape index (κ1) is 20.8. The Morgan fingerprint density at radius 3 is 2.38 bits per heavy atom. The van der Waals surface area contributed by atoms with Gasteiger partial charge in [0.25, 0.3) is 0 Å². The van der Waals surface area contributed by atoms with Crippen molar-refractivity contribution >= 4 is 22.9 Å². The number of benzene rings is 2. The SMILES string of the molecule is CCCN(CCC)C1CCc2cccc(-c3cc4ccccc4o3)c2C12OC(=O)C(=O)O2. The molecular formula is C26H27NO5. The van der Waals surface area contributed by atoms with Gasteiger partial charge in [-0.3, -0.25) is 4.90 Å². The summed E-state index contributed by atoms with van der Waals surface area (Å²) >= 11 is 0. The molecule has 166 valence electrons. The van der Waals surface area contributed by atoms with Crippen molar-refractivity contribution in [2.24, 2.45) is 0 Å². The highest BCUT2D eigenvalue weighted by molar-refractivity contribution is 6.31. The van der Waals surface area contributed by atoms with E-state index in [0.29, 0.717) is 5.76 Å². The van der Waals surface area contributed by atoms with Gasteiger partial charge in [0.15, 0.2) is 0 Å². The molecule has 6 heteroatoms. The molecule has 0 radical (unpaired) electrons. The summed E-state index contributed by atoms with van der Waals surface area (Å²) in [5.74, 6) is -2.67. The molecule has 6 nitrogen and oxygen atoms in total. The fourth-order valence-electron chi connectivity index (χ4n) is 5.23. The van der Waals surface area contributed by atoms with E-state index in [0.717, 1.165) is 66.4 Å². The van der Waals surface area contributed by atoms with Crippen LogP contribution in [0.2, 0.25) is 0 Å². The van der Waals surface area contributed by atoms with Crippen molar-refractivity contribution in [3.05, 3.63) is 59.7 Å². The van der Waals surface area contributed by atoms with Crippen LogP contribution >= 0.6 is 0 Å². The first-order valence-electron chi connectivity index (χ1n) is 11.4. The van der Waals surface area contributed by atoms with Crippen molar-refractivity contribution in [1.29, 1.82) is 0 Å². The molecular weight excluding hydrogens is 406 g/mol. The van der Waals surface area contributed by atoms with Crippen LogP contribution in [0.4, 0.5) is 0 Å². The third-order valence-electron chi connectivity index (χ3n) is 6.43. The molecule has 1 unspecified atom stereocenters. The van der Waals surface area contributed by atoms with Crippen molar-refractivity contribution < 1.29 is 23.5 Å². The van der Waals surface area contributed by atoms with Crippen LogP contribution in [0.3, 0.4) is 0 Å². The molecule has 3 aromatic rings. The van der Waals surface area contributed by atoms with Crippen molar-refractivity contribution in [3.8, 4) is 11.3 Å². The summed E-state index contributed by atoms with van der Waals surface area (Å²) in [4.78, 5) is 27.1. The maximum Gasteiger partial charge on any atom is 0.421 e. The molecule has 1 aliphatic heterocycles. The Kier molecular flexibility index (Phi) is 5.25. The summed E-state index contributed by atoms with van der Waals surface area (Å²) in [6, 6.07) is 15.5. The van der Waals surface area contributed by atoms with Gasteiger partial charge in [0.2, 0.25) is 0 Å². The number of ether oxygens (including phenoxy) is 2. The van der Waals surface area contributed by atoms with E-state index < -0.39 is 17.7 Å². The Morgan fingerprint density at radius 1 is 0.969 bits per heavy atom. The maximum absolute atomic E-state index is 12.4.